The highest BCUT2D eigenvalue weighted by Crippen LogP contribution is 2.38. The van der Waals surface area contributed by atoms with Crippen LogP contribution in [0.4, 0.5) is 29.7 Å². The first-order valence-corrected chi connectivity index (χ1v) is 16.1. The van der Waals surface area contributed by atoms with E-state index in [0.717, 1.165) is 14.9 Å². The van der Waals surface area contributed by atoms with Gasteiger partial charge in [-0.05, 0) is 36.4 Å². The van der Waals surface area contributed by atoms with Crippen molar-refractivity contribution in [2.75, 3.05) is 54.0 Å². The fourth-order valence-corrected chi connectivity index (χ4v) is 6.99. The van der Waals surface area contributed by atoms with Crippen LogP contribution >= 0.6 is 11.3 Å². The summed E-state index contributed by atoms with van der Waals surface area (Å²) in [5.74, 6) is -2.37. The number of amides is 1. The molecule has 0 saturated carbocycles. The molecule has 1 amide bonds. The number of halogens is 3. The van der Waals surface area contributed by atoms with Gasteiger partial charge < -0.3 is 15.3 Å². The van der Waals surface area contributed by atoms with E-state index in [2.05, 4.69) is 10.3 Å². The van der Waals surface area contributed by atoms with Crippen LogP contribution in [0, 0.1) is 0 Å². The summed E-state index contributed by atoms with van der Waals surface area (Å²) in [5, 5.41) is 11.6. The minimum Gasteiger partial charge on any atom is -0.477 e. The molecule has 4 rings (SSSR count). The van der Waals surface area contributed by atoms with Crippen molar-refractivity contribution >= 4 is 59.8 Å². The summed E-state index contributed by atoms with van der Waals surface area (Å²) in [4.78, 5) is 28.0. The standard InChI is InChI=1S/C24H24F3N5O7S3/c1-30(41(2,36)37)18-6-4-3-5-17(18)21(33)28-15-7-9-16(10-8-15)42(38,39)32-13-11-31(12-14-32)23-29-20(24(25,26)27)19(40-23)22(34)35/h3-10H,11-14H2,1-2H3,(H,28,33)(H,34,35). The molecule has 1 aliphatic heterocycles. The zero-order valence-electron chi connectivity index (χ0n) is 22.0. The predicted octanol–water partition coefficient (Wildman–Crippen LogP) is 3.02. The molecule has 0 atom stereocenters. The van der Waals surface area contributed by atoms with Crippen LogP contribution in [0.1, 0.15) is 25.7 Å². The average molecular weight is 648 g/mol. The Morgan fingerprint density at radius 1 is 1.00 bits per heavy atom. The van der Waals surface area contributed by atoms with E-state index in [0.29, 0.717) is 11.3 Å². The summed E-state index contributed by atoms with van der Waals surface area (Å²) < 4.78 is 92.0. The SMILES string of the molecule is CN(c1ccccc1C(=O)Nc1ccc(S(=O)(=O)N2CCN(c3nc(C(F)(F)F)c(C(=O)O)s3)CC2)cc1)S(C)(=O)=O. The Bertz CT molecular complexity index is 1720. The number of carboxylic acids is 1. The molecule has 12 nitrogen and oxygen atoms in total. The van der Waals surface area contributed by atoms with Crippen LogP contribution in [0.5, 0.6) is 0 Å². The van der Waals surface area contributed by atoms with Gasteiger partial charge in [-0.25, -0.2) is 26.6 Å². The largest absolute Gasteiger partial charge is 0.477 e. The van der Waals surface area contributed by atoms with Crippen molar-refractivity contribution in [1.29, 1.82) is 0 Å². The molecule has 1 saturated heterocycles. The van der Waals surface area contributed by atoms with Crippen LogP contribution in [0.2, 0.25) is 0 Å². The first kappa shape index (κ1) is 31.2. The van der Waals surface area contributed by atoms with Gasteiger partial charge in [0.25, 0.3) is 5.91 Å². The Labute approximate surface area is 243 Å². The van der Waals surface area contributed by atoms with Crippen molar-refractivity contribution in [2.24, 2.45) is 0 Å². The van der Waals surface area contributed by atoms with Gasteiger partial charge in [0.05, 0.1) is 22.4 Å². The van der Waals surface area contributed by atoms with Crippen molar-refractivity contribution in [1.82, 2.24) is 9.29 Å². The fraction of sp³-hybridized carbons (Fsp3) is 0.292. The minimum absolute atomic E-state index is 0.0153. The van der Waals surface area contributed by atoms with E-state index in [-0.39, 0.29) is 53.1 Å². The smallest absolute Gasteiger partial charge is 0.435 e. The van der Waals surface area contributed by atoms with Gasteiger partial charge in [0.1, 0.15) is 4.88 Å². The zero-order chi connectivity index (χ0) is 31.0. The summed E-state index contributed by atoms with van der Waals surface area (Å²) in [5.41, 5.74) is -1.01. The molecule has 18 heteroatoms. The number of benzene rings is 2. The number of aromatic carboxylic acids is 1. The molecule has 226 valence electrons. The number of para-hydroxylation sites is 1. The molecule has 2 aromatic carbocycles. The highest BCUT2D eigenvalue weighted by atomic mass is 32.2. The average Bonchev–Trinajstić information content (AvgIpc) is 3.39. The Balaban J connectivity index is 1.44. The molecule has 0 spiro atoms. The summed E-state index contributed by atoms with van der Waals surface area (Å²) in [6.07, 6.45) is -3.95. The van der Waals surface area contributed by atoms with Crippen molar-refractivity contribution in [2.45, 2.75) is 11.1 Å². The molecule has 0 unspecified atom stereocenters. The van der Waals surface area contributed by atoms with Crippen molar-refractivity contribution in [3.63, 3.8) is 0 Å². The number of hydrogen-bond donors (Lipinski definition) is 2. The lowest BCUT2D eigenvalue weighted by Gasteiger charge is -2.33. The van der Waals surface area contributed by atoms with Gasteiger partial charge in [0.2, 0.25) is 20.0 Å². The van der Waals surface area contributed by atoms with E-state index < -0.39 is 48.7 Å². The maximum Gasteiger partial charge on any atom is 0.435 e. The topological polar surface area (TPSA) is 157 Å². The third kappa shape index (κ3) is 6.50. The first-order chi connectivity index (χ1) is 19.5. The molecule has 1 fully saturated rings. The molecule has 42 heavy (non-hydrogen) atoms. The number of rotatable bonds is 8. The first-order valence-electron chi connectivity index (χ1n) is 12.0. The lowest BCUT2D eigenvalue weighted by Crippen LogP contribution is -2.48. The molecule has 0 aliphatic carbocycles. The van der Waals surface area contributed by atoms with Gasteiger partial charge in [-0.2, -0.15) is 17.5 Å². The number of carbonyl (C=O) groups excluding carboxylic acids is 1. The van der Waals surface area contributed by atoms with Gasteiger partial charge in [-0.3, -0.25) is 9.10 Å². The number of hydrogen-bond acceptors (Lipinski definition) is 9. The van der Waals surface area contributed by atoms with Crippen LogP contribution in [0.3, 0.4) is 0 Å². The summed E-state index contributed by atoms with van der Waals surface area (Å²) in [7, 11) is -6.34. The highest BCUT2D eigenvalue weighted by Gasteiger charge is 2.41. The third-order valence-electron chi connectivity index (χ3n) is 6.32. The molecule has 3 aromatic rings. The highest BCUT2D eigenvalue weighted by molar-refractivity contribution is 7.92. The van der Waals surface area contributed by atoms with E-state index in [1.165, 1.54) is 48.3 Å². The zero-order valence-corrected chi connectivity index (χ0v) is 24.4. The van der Waals surface area contributed by atoms with E-state index in [1.807, 2.05) is 0 Å². The second-order valence-corrected chi connectivity index (χ2v) is 14.0. The van der Waals surface area contributed by atoms with Crippen molar-refractivity contribution in [3.8, 4) is 0 Å². The molecule has 0 bridgehead atoms. The van der Waals surface area contributed by atoms with Crippen LogP contribution in [0.25, 0.3) is 0 Å². The van der Waals surface area contributed by atoms with E-state index in [4.69, 9.17) is 5.11 Å². The van der Waals surface area contributed by atoms with Crippen LogP contribution in [-0.2, 0) is 26.2 Å². The summed E-state index contributed by atoms with van der Waals surface area (Å²) in [6, 6.07) is 11.4. The molecular formula is C24H24F3N5O7S3. The fourth-order valence-electron chi connectivity index (χ4n) is 4.08. The van der Waals surface area contributed by atoms with Gasteiger partial charge in [0, 0.05) is 38.9 Å². The Kier molecular flexibility index (Phi) is 8.55. The second-order valence-electron chi connectivity index (χ2n) is 9.09. The predicted molar refractivity (Wildman–Crippen MR) is 149 cm³/mol. The van der Waals surface area contributed by atoms with E-state index in [9.17, 15) is 39.6 Å². The van der Waals surface area contributed by atoms with Gasteiger partial charge in [0.15, 0.2) is 10.8 Å². The second kappa shape index (κ2) is 11.5. The van der Waals surface area contributed by atoms with Gasteiger partial charge in [-0.1, -0.05) is 23.5 Å². The number of sulfonamides is 2. The number of nitrogens with zero attached hydrogens (tertiary/aromatic N) is 4. The van der Waals surface area contributed by atoms with Crippen LogP contribution in [0.15, 0.2) is 53.4 Å². The number of nitrogens with one attached hydrogen (secondary N) is 1. The number of carbonyl (C=O) groups is 2. The monoisotopic (exact) mass is 647 g/mol. The number of piperazine rings is 1. The van der Waals surface area contributed by atoms with Crippen LogP contribution in [-0.4, -0.2) is 82.6 Å². The van der Waals surface area contributed by atoms with Crippen molar-refractivity contribution in [3.05, 3.63) is 64.7 Å². The number of anilines is 3. The van der Waals surface area contributed by atoms with Gasteiger partial charge >= 0.3 is 12.1 Å². The summed E-state index contributed by atoms with van der Waals surface area (Å²) >= 11 is 0.375. The minimum atomic E-state index is -4.95. The normalized spacial score (nSPS) is 14.9. The maximum absolute atomic E-state index is 13.2. The maximum atomic E-state index is 13.2. The number of thiazole rings is 1. The quantitative estimate of drug-likeness (QED) is 0.375. The van der Waals surface area contributed by atoms with Crippen LogP contribution < -0.4 is 14.5 Å². The van der Waals surface area contributed by atoms with E-state index in [1.54, 1.807) is 12.1 Å². The molecule has 0 radical (unpaired) electrons. The molecule has 2 N–H and O–H groups in total. The Hall–Kier alpha value is -3.74. The summed E-state index contributed by atoms with van der Waals surface area (Å²) in [6.45, 7) is -0.208. The third-order valence-corrected chi connectivity index (χ3v) is 10.5. The molecule has 1 aromatic heterocycles. The molecule has 1 aliphatic rings. The van der Waals surface area contributed by atoms with Crippen molar-refractivity contribution < 1.29 is 44.7 Å². The van der Waals surface area contributed by atoms with E-state index >= 15 is 0 Å². The molecule has 2 heterocycles. The number of alkyl halides is 3. The number of carboxylic acid groups (broad SMARTS) is 1. The Morgan fingerprint density at radius 3 is 2.12 bits per heavy atom. The van der Waals surface area contributed by atoms with Gasteiger partial charge in [-0.15, -0.1) is 0 Å². The Morgan fingerprint density at radius 2 is 1.60 bits per heavy atom. The number of aromatic nitrogens is 1. The lowest BCUT2D eigenvalue weighted by atomic mass is 10.1. The lowest BCUT2D eigenvalue weighted by molar-refractivity contribution is -0.141. The molecular weight excluding hydrogens is 623 g/mol.